The summed E-state index contributed by atoms with van der Waals surface area (Å²) in [5.74, 6) is 1.55. The van der Waals surface area contributed by atoms with Gasteiger partial charge < -0.3 is 0 Å². The summed E-state index contributed by atoms with van der Waals surface area (Å²) in [4.78, 5) is 8.92. The highest BCUT2D eigenvalue weighted by Crippen LogP contribution is 2.30. The number of aromatic nitrogens is 5. The topological polar surface area (TPSA) is 56.5 Å². The van der Waals surface area contributed by atoms with E-state index in [1.54, 1.807) is 35.5 Å². The van der Waals surface area contributed by atoms with Crippen molar-refractivity contribution in [3.8, 4) is 22.0 Å². The van der Waals surface area contributed by atoms with Gasteiger partial charge in [-0.15, -0.1) is 21.5 Å². The lowest BCUT2D eigenvalue weighted by Crippen LogP contribution is -2.04. The lowest BCUT2D eigenvalue weighted by molar-refractivity contribution is 0.714. The second-order valence-electron chi connectivity index (χ2n) is 7.05. The van der Waals surface area contributed by atoms with Crippen molar-refractivity contribution >= 4 is 34.7 Å². The van der Waals surface area contributed by atoms with Crippen molar-refractivity contribution in [3.63, 3.8) is 0 Å². The van der Waals surface area contributed by atoms with Crippen molar-refractivity contribution in [1.82, 2.24) is 24.7 Å². The standard InChI is InChI=1S/C24H18ClN5S2/c25-20-8-6-19(7-9-20)23-27-21(15-31-23)16-32-24-29-28-22(18-10-12-26-13-11-18)30(24)14-17-4-2-1-3-5-17/h1-13,15H,14,16H2. The van der Waals surface area contributed by atoms with E-state index in [0.717, 1.165) is 37.8 Å². The van der Waals surface area contributed by atoms with Crippen LogP contribution in [0.5, 0.6) is 0 Å². The first-order chi connectivity index (χ1) is 15.8. The maximum absolute atomic E-state index is 6.00. The minimum absolute atomic E-state index is 0.695. The van der Waals surface area contributed by atoms with Crippen molar-refractivity contribution in [1.29, 1.82) is 0 Å². The summed E-state index contributed by atoms with van der Waals surface area (Å²) in [6, 6.07) is 22.0. The van der Waals surface area contributed by atoms with E-state index in [1.165, 1.54) is 5.56 Å². The summed E-state index contributed by atoms with van der Waals surface area (Å²) in [6.45, 7) is 0.695. The summed E-state index contributed by atoms with van der Waals surface area (Å²) in [6.07, 6.45) is 3.55. The average Bonchev–Trinajstić information content (AvgIpc) is 3.47. The van der Waals surface area contributed by atoms with E-state index < -0.39 is 0 Å². The van der Waals surface area contributed by atoms with E-state index in [4.69, 9.17) is 16.6 Å². The Morgan fingerprint density at radius 3 is 2.44 bits per heavy atom. The third-order valence-corrected chi connectivity index (χ3v) is 7.02. The molecule has 8 heteroatoms. The number of pyridine rings is 1. The monoisotopic (exact) mass is 475 g/mol. The molecule has 0 saturated heterocycles. The van der Waals surface area contributed by atoms with Gasteiger partial charge in [0.1, 0.15) is 5.01 Å². The summed E-state index contributed by atoms with van der Waals surface area (Å²) in [5, 5.41) is 13.7. The summed E-state index contributed by atoms with van der Waals surface area (Å²) in [5.41, 5.74) is 4.28. The molecule has 0 atom stereocenters. The maximum Gasteiger partial charge on any atom is 0.192 e. The maximum atomic E-state index is 6.00. The van der Waals surface area contributed by atoms with Gasteiger partial charge in [-0.2, -0.15) is 0 Å². The molecule has 0 N–H and O–H groups in total. The number of thiazole rings is 1. The van der Waals surface area contributed by atoms with Crippen LogP contribution in [0.25, 0.3) is 22.0 Å². The van der Waals surface area contributed by atoms with Crippen LogP contribution in [0, 0.1) is 0 Å². The number of hydrogen-bond donors (Lipinski definition) is 0. The van der Waals surface area contributed by atoms with Crippen LogP contribution >= 0.6 is 34.7 Å². The third kappa shape index (κ3) is 4.75. The highest BCUT2D eigenvalue weighted by molar-refractivity contribution is 7.98. The van der Waals surface area contributed by atoms with Crippen LogP contribution in [0.2, 0.25) is 5.02 Å². The highest BCUT2D eigenvalue weighted by Gasteiger charge is 2.16. The zero-order valence-electron chi connectivity index (χ0n) is 16.9. The Kier molecular flexibility index (Phi) is 6.29. The minimum atomic E-state index is 0.695. The first kappa shape index (κ1) is 20.9. The second-order valence-corrected chi connectivity index (χ2v) is 9.29. The fourth-order valence-corrected chi connectivity index (χ4v) is 5.14. The molecule has 5 nitrogen and oxygen atoms in total. The predicted molar refractivity (Wildman–Crippen MR) is 131 cm³/mol. The quantitative estimate of drug-likeness (QED) is 0.253. The normalized spacial score (nSPS) is 11.0. The Hall–Kier alpha value is -3.00. The first-order valence-corrected chi connectivity index (χ1v) is 12.2. The van der Waals surface area contributed by atoms with Gasteiger partial charge in [0, 0.05) is 39.7 Å². The van der Waals surface area contributed by atoms with E-state index in [2.05, 4.69) is 37.3 Å². The third-order valence-electron chi connectivity index (χ3n) is 4.83. The van der Waals surface area contributed by atoms with Crippen molar-refractivity contribution in [2.24, 2.45) is 0 Å². The van der Waals surface area contributed by atoms with Crippen LogP contribution in [0.15, 0.2) is 89.7 Å². The fraction of sp³-hybridized carbons (Fsp3) is 0.0833. The molecule has 0 aliphatic rings. The SMILES string of the molecule is Clc1ccc(-c2nc(CSc3nnc(-c4ccncc4)n3Cc3ccccc3)cs2)cc1. The van der Waals surface area contributed by atoms with Crippen molar-refractivity contribution in [3.05, 3.63) is 101 Å². The molecule has 0 spiro atoms. The minimum Gasteiger partial charge on any atom is -0.298 e. The molecule has 0 amide bonds. The number of benzene rings is 2. The molecule has 3 heterocycles. The molecular weight excluding hydrogens is 458 g/mol. The van der Waals surface area contributed by atoms with Crippen molar-refractivity contribution in [2.75, 3.05) is 0 Å². The van der Waals surface area contributed by atoms with Crippen LogP contribution in [-0.4, -0.2) is 24.7 Å². The highest BCUT2D eigenvalue weighted by atomic mass is 35.5. The Morgan fingerprint density at radius 1 is 0.875 bits per heavy atom. The fourth-order valence-electron chi connectivity index (χ4n) is 3.26. The number of thioether (sulfide) groups is 1. The van der Waals surface area contributed by atoms with Gasteiger partial charge in [-0.05, 0) is 29.8 Å². The molecule has 5 rings (SSSR count). The Morgan fingerprint density at radius 2 is 1.66 bits per heavy atom. The van der Waals surface area contributed by atoms with Gasteiger partial charge in [-0.1, -0.05) is 65.8 Å². The molecule has 0 radical (unpaired) electrons. The van der Waals surface area contributed by atoms with E-state index in [9.17, 15) is 0 Å². The van der Waals surface area contributed by atoms with Crippen LogP contribution in [0.1, 0.15) is 11.3 Å². The molecule has 0 aliphatic carbocycles. The lowest BCUT2D eigenvalue weighted by atomic mass is 10.2. The van der Waals surface area contributed by atoms with Crippen molar-refractivity contribution < 1.29 is 0 Å². The number of rotatable bonds is 7. The second kappa shape index (κ2) is 9.65. The predicted octanol–water partition coefficient (Wildman–Crippen LogP) is 6.46. The van der Waals surface area contributed by atoms with E-state index in [1.807, 2.05) is 54.6 Å². The van der Waals surface area contributed by atoms with E-state index in [-0.39, 0.29) is 0 Å². The molecular formula is C24H18ClN5S2. The molecule has 0 bridgehead atoms. The molecule has 0 aliphatic heterocycles. The molecule has 5 aromatic rings. The number of nitrogens with zero attached hydrogens (tertiary/aromatic N) is 5. The van der Waals surface area contributed by atoms with Gasteiger partial charge in [-0.25, -0.2) is 4.98 Å². The van der Waals surface area contributed by atoms with Gasteiger partial charge in [0.25, 0.3) is 0 Å². The van der Waals surface area contributed by atoms with E-state index in [0.29, 0.717) is 12.3 Å². The Balaban J connectivity index is 1.39. The zero-order valence-corrected chi connectivity index (χ0v) is 19.3. The molecule has 0 unspecified atom stereocenters. The lowest BCUT2D eigenvalue weighted by Gasteiger charge is -2.10. The summed E-state index contributed by atoms with van der Waals surface area (Å²) < 4.78 is 2.15. The molecule has 2 aromatic carbocycles. The van der Waals surface area contributed by atoms with E-state index >= 15 is 0 Å². The average molecular weight is 476 g/mol. The number of hydrogen-bond acceptors (Lipinski definition) is 6. The largest absolute Gasteiger partial charge is 0.298 e. The zero-order chi connectivity index (χ0) is 21.8. The Labute approximate surface area is 199 Å². The molecule has 32 heavy (non-hydrogen) atoms. The first-order valence-electron chi connectivity index (χ1n) is 9.97. The van der Waals surface area contributed by atoms with Gasteiger partial charge in [-0.3, -0.25) is 9.55 Å². The summed E-state index contributed by atoms with van der Waals surface area (Å²) >= 11 is 9.28. The molecule has 158 valence electrons. The molecule has 0 fully saturated rings. The van der Waals surface area contributed by atoms with Crippen LogP contribution in [-0.2, 0) is 12.3 Å². The van der Waals surface area contributed by atoms with Gasteiger partial charge in [0.05, 0.1) is 12.2 Å². The Bertz CT molecular complexity index is 1300. The van der Waals surface area contributed by atoms with Gasteiger partial charge in [0.15, 0.2) is 11.0 Å². The smallest absolute Gasteiger partial charge is 0.192 e. The van der Waals surface area contributed by atoms with Gasteiger partial charge >= 0.3 is 0 Å². The van der Waals surface area contributed by atoms with Crippen LogP contribution in [0.4, 0.5) is 0 Å². The van der Waals surface area contributed by atoms with Gasteiger partial charge in [0.2, 0.25) is 0 Å². The van der Waals surface area contributed by atoms with Crippen LogP contribution < -0.4 is 0 Å². The number of halogens is 1. The molecule has 3 aromatic heterocycles. The van der Waals surface area contributed by atoms with Crippen molar-refractivity contribution in [2.45, 2.75) is 17.5 Å². The summed E-state index contributed by atoms with van der Waals surface area (Å²) in [7, 11) is 0. The molecule has 0 saturated carbocycles. The van der Waals surface area contributed by atoms with Crippen LogP contribution in [0.3, 0.4) is 0 Å².